The number of ether oxygens (including phenoxy) is 1. The van der Waals surface area contributed by atoms with E-state index in [4.69, 9.17) is 33.2 Å². The summed E-state index contributed by atoms with van der Waals surface area (Å²) in [5.41, 5.74) is 0.930. The second kappa shape index (κ2) is 12.6. The van der Waals surface area contributed by atoms with Crippen molar-refractivity contribution in [2.75, 3.05) is 20.1 Å². The molecule has 29 heavy (non-hydrogen) atoms. The van der Waals surface area contributed by atoms with E-state index in [1.165, 1.54) is 12.8 Å². The normalized spacial score (nSPS) is 15.0. The monoisotopic (exact) mass is 432 g/mol. The minimum absolute atomic E-state index is 0.0624. The highest BCUT2D eigenvalue weighted by Gasteiger charge is 2.25. The maximum absolute atomic E-state index is 11.1. The van der Waals surface area contributed by atoms with Crippen LogP contribution in [-0.4, -0.2) is 37.4 Å². The van der Waals surface area contributed by atoms with Crippen molar-refractivity contribution in [3.05, 3.63) is 70.2 Å². The summed E-state index contributed by atoms with van der Waals surface area (Å²) in [4.78, 5) is 13.3. The molecule has 4 nitrogen and oxygen atoms in total. The van der Waals surface area contributed by atoms with Crippen molar-refractivity contribution in [1.82, 2.24) is 4.90 Å². The Balaban J connectivity index is 0.000000360. The number of benzene rings is 2. The Bertz CT molecular complexity index is 791. The van der Waals surface area contributed by atoms with Gasteiger partial charge in [0.2, 0.25) is 0 Å². The molecule has 0 bridgehead atoms. The summed E-state index contributed by atoms with van der Waals surface area (Å²) < 4.78 is 5.86. The molecular formula is C23H26Cl2N2O2. The number of carbonyl (C=O) groups excluding carboxylic acids is 1. The lowest BCUT2D eigenvalue weighted by atomic mass is 10.1. The van der Waals surface area contributed by atoms with Gasteiger partial charge in [-0.1, -0.05) is 53.5 Å². The van der Waals surface area contributed by atoms with Gasteiger partial charge in [-0.2, -0.15) is 5.26 Å². The van der Waals surface area contributed by atoms with E-state index in [1.54, 1.807) is 0 Å². The van der Waals surface area contributed by atoms with Gasteiger partial charge < -0.3 is 14.4 Å². The highest BCUT2D eigenvalue weighted by atomic mass is 35.5. The first-order valence-corrected chi connectivity index (χ1v) is 10.4. The van der Waals surface area contributed by atoms with Gasteiger partial charge in [-0.15, -0.1) is 0 Å². The molecule has 2 aromatic carbocycles. The van der Waals surface area contributed by atoms with Gasteiger partial charge in [-0.25, -0.2) is 0 Å². The summed E-state index contributed by atoms with van der Waals surface area (Å²) in [6.07, 6.45) is 2.36. The highest BCUT2D eigenvalue weighted by Crippen LogP contribution is 2.30. The van der Waals surface area contributed by atoms with Crippen LogP contribution < -0.4 is 0 Å². The molecule has 0 aromatic heterocycles. The molecule has 0 N–H and O–H groups in total. The minimum atomic E-state index is -0.705. The van der Waals surface area contributed by atoms with Crippen LogP contribution >= 0.6 is 23.2 Å². The van der Waals surface area contributed by atoms with Crippen molar-refractivity contribution in [2.45, 2.75) is 31.5 Å². The molecule has 154 valence electrons. The van der Waals surface area contributed by atoms with Crippen molar-refractivity contribution in [3.8, 4) is 6.07 Å². The molecule has 2 atom stereocenters. The van der Waals surface area contributed by atoms with E-state index in [1.807, 2.05) is 60.7 Å². The molecule has 0 amide bonds. The molecule has 0 saturated heterocycles. The lowest BCUT2D eigenvalue weighted by Crippen LogP contribution is -2.30. The van der Waals surface area contributed by atoms with Crippen LogP contribution in [0.2, 0.25) is 10.0 Å². The first-order chi connectivity index (χ1) is 14.0. The van der Waals surface area contributed by atoms with Crippen LogP contribution in [0.5, 0.6) is 0 Å². The smallest absolute Gasteiger partial charge is 0.149 e. The van der Waals surface area contributed by atoms with Crippen LogP contribution in [-0.2, 0) is 9.53 Å². The van der Waals surface area contributed by atoms with Crippen LogP contribution in [0, 0.1) is 17.2 Å². The molecule has 1 fully saturated rings. The fourth-order valence-corrected chi connectivity index (χ4v) is 3.22. The molecule has 0 aliphatic heterocycles. The molecule has 2 aromatic rings. The molecular weight excluding hydrogens is 407 g/mol. The fraction of sp³-hybridized carbons (Fsp3) is 0.391. The Morgan fingerprint density at radius 3 is 2.38 bits per heavy atom. The lowest BCUT2D eigenvalue weighted by molar-refractivity contribution is -0.122. The van der Waals surface area contributed by atoms with Crippen molar-refractivity contribution < 1.29 is 9.53 Å². The van der Waals surface area contributed by atoms with Gasteiger partial charge in [0.1, 0.15) is 12.4 Å². The Kier molecular flexibility index (Phi) is 10.2. The Labute approximate surface area is 183 Å². The van der Waals surface area contributed by atoms with E-state index in [0.717, 1.165) is 23.0 Å². The number of hydrogen-bond donors (Lipinski definition) is 0. The second-order valence-corrected chi connectivity index (χ2v) is 8.05. The van der Waals surface area contributed by atoms with Gasteiger partial charge in [0.05, 0.1) is 18.6 Å². The Morgan fingerprint density at radius 2 is 1.86 bits per heavy atom. The SMILES string of the molecule is CN(CC1CC1)CC(OC(C=O)CC#N)c1cccc(Cl)c1.Clc1ccccc1. The Morgan fingerprint density at radius 1 is 1.17 bits per heavy atom. The van der Waals surface area contributed by atoms with Gasteiger partial charge in [-0.3, -0.25) is 0 Å². The number of aldehydes is 1. The zero-order valence-corrected chi connectivity index (χ0v) is 18.0. The minimum Gasteiger partial charge on any atom is -0.360 e. The molecule has 0 spiro atoms. The highest BCUT2D eigenvalue weighted by molar-refractivity contribution is 6.30. The van der Waals surface area contributed by atoms with Crippen molar-refractivity contribution >= 4 is 29.5 Å². The van der Waals surface area contributed by atoms with Crippen molar-refractivity contribution in [2.24, 2.45) is 5.92 Å². The number of halogens is 2. The zero-order chi connectivity index (χ0) is 21.1. The van der Waals surface area contributed by atoms with E-state index >= 15 is 0 Å². The summed E-state index contributed by atoms with van der Waals surface area (Å²) in [5, 5.41) is 10.2. The van der Waals surface area contributed by atoms with E-state index in [-0.39, 0.29) is 12.5 Å². The molecule has 3 rings (SSSR count). The number of carbonyl (C=O) groups is 1. The maximum atomic E-state index is 11.1. The molecule has 1 aliphatic carbocycles. The Hall–Kier alpha value is -1.90. The number of nitriles is 1. The van der Waals surface area contributed by atoms with E-state index in [0.29, 0.717) is 17.9 Å². The van der Waals surface area contributed by atoms with E-state index in [2.05, 4.69) is 11.9 Å². The van der Waals surface area contributed by atoms with Crippen LogP contribution in [0.4, 0.5) is 0 Å². The average Bonchev–Trinajstić information content (AvgIpc) is 3.52. The second-order valence-electron chi connectivity index (χ2n) is 7.18. The third-order valence-corrected chi connectivity index (χ3v) is 4.97. The van der Waals surface area contributed by atoms with Gasteiger partial charge in [0.15, 0.2) is 0 Å². The molecule has 6 heteroatoms. The molecule has 1 aliphatic rings. The third kappa shape index (κ3) is 9.43. The van der Waals surface area contributed by atoms with Crippen molar-refractivity contribution in [3.63, 3.8) is 0 Å². The standard InChI is InChI=1S/C17H21ClN2O2.C6H5Cl/c1-20(10-13-5-6-13)11-17(22-16(12-21)7-8-19)14-3-2-4-15(18)9-14;7-6-4-2-1-3-5-6/h2-4,9,12-13,16-17H,5-7,10-11H2,1H3;1-5H. The van der Waals surface area contributed by atoms with Crippen molar-refractivity contribution in [1.29, 1.82) is 5.26 Å². The number of hydrogen-bond acceptors (Lipinski definition) is 4. The molecule has 2 unspecified atom stereocenters. The van der Waals surface area contributed by atoms with Gasteiger partial charge in [0, 0.05) is 23.1 Å². The number of nitrogens with zero attached hydrogens (tertiary/aromatic N) is 2. The summed E-state index contributed by atoms with van der Waals surface area (Å²) in [6, 6.07) is 18.9. The van der Waals surface area contributed by atoms with Crippen LogP contribution in [0.3, 0.4) is 0 Å². The van der Waals surface area contributed by atoms with E-state index in [9.17, 15) is 4.79 Å². The number of rotatable bonds is 9. The number of likely N-dealkylation sites (N-methyl/N-ethyl adjacent to an activating group) is 1. The molecule has 1 saturated carbocycles. The van der Waals surface area contributed by atoms with E-state index < -0.39 is 6.10 Å². The average molecular weight is 433 g/mol. The van der Waals surface area contributed by atoms with Gasteiger partial charge in [0.25, 0.3) is 0 Å². The third-order valence-electron chi connectivity index (χ3n) is 4.48. The topological polar surface area (TPSA) is 53.3 Å². The summed E-state index contributed by atoms with van der Waals surface area (Å²) in [6.45, 7) is 1.71. The van der Waals surface area contributed by atoms with Crippen LogP contribution in [0.25, 0.3) is 0 Å². The maximum Gasteiger partial charge on any atom is 0.149 e. The lowest BCUT2D eigenvalue weighted by Gasteiger charge is -2.26. The first kappa shape index (κ1) is 23.4. The van der Waals surface area contributed by atoms with Gasteiger partial charge in [-0.05, 0) is 55.6 Å². The molecule has 0 heterocycles. The largest absolute Gasteiger partial charge is 0.360 e. The first-order valence-electron chi connectivity index (χ1n) is 9.64. The van der Waals surface area contributed by atoms with Crippen LogP contribution in [0.1, 0.15) is 30.9 Å². The summed E-state index contributed by atoms with van der Waals surface area (Å²) in [7, 11) is 2.05. The fourth-order valence-electron chi connectivity index (χ4n) is 2.88. The predicted molar refractivity (Wildman–Crippen MR) is 117 cm³/mol. The molecule has 0 radical (unpaired) electrons. The quantitative estimate of drug-likeness (QED) is 0.486. The zero-order valence-electron chi connectivity index (χ0n) is 16.5. The summed E-state index contributed by atoms with van der Waals surface area (Å²) in [5.74, 6) is 0.783. The predicted octanol–water partition coefficient (Wildman–Crippen LogP) is 5.56. The summed E-state index contributed by atoms with van der Waals surface area (Å²) >= 11 is 11.6. The van der Waals surface area contributed by atoms with Crippen LogP contribution in [0.15, 0.2) is 54.6 Å². The van der Waals surface area contributed by atoms with Gasteiger partial charge >= 0.3 is 0 Å².